The van der Waals surface area contributed by atoms with Gasteiger partial charge in [0, 0.05) is 22.6 Å². The second kappa shape index (κ2) is 3.94. The van der Waals surface area contributed by atoms with Gasteiger partial charge in [-0.05, 0) is 35.3 Å². The van der Waals surface area contributed by atoms with Crippen molar-refractivity contribution < 1.29 is 0 Å². The van der Waals surface area contributed by atoms with Gasteiger partial charge in [-0.15, -0.1) is 0 Å². The van der Waals surface area contributed by atoms with Crippen molar-refractivity contribution in [3.05, 3.63) is 33.9 Å². The number of aromatic nitrogens is 2. The van der Waals surface area contributed by atoms with Crippen LogP contribution in [-0.4, -0.2) is 9.78 Å². The number of nitrogens with zero attached hydrogens (tertiary/aromatic N) is 2. The van der Waals surface area contributed by atoms with Gasteiger partial charge in [0.05, 0.1) is 6.20 Å². The SMILES string of the molecule is Cc1cc(C)c(Br)c(-c2cnn(C)c2N)c1. The lowest BCUT2D eigenvalue weighted by Gasteiger charge is -2.08. The molecule has 2 N–H and O–H groups in total. The van der Waals surface area contributed by atoms with Crippen LogP contribution >= 0.6 is 15.9 Å². The third-order valence-corrected chi connectivity index (χ3v) is 3.73. The fourth-order valence-electron chi connectivity index (χ4n) is 1.80. The molecule has 84 valence electrons. The number of aryl methyl sites for hydroxylation is 3. The number of halogens is 1. The summed E-state index contributed by atoms with van der Waals surface area (Å²) in [5.74, 6) is 0.686. The molecule has 0 bridgehead atoms. The Morgan fingerprint density at radius 3 is 2.50 bits per heavy atom. The first-order chi connectivity index (χ1) is 7.50. The lowest BCUT2D eigenvalue weighted by molar-refractivity contribution is 0.779. The summed E-state index contributed by atoms with van der Waals surface area (Å²) in [6.45, 7) is 4.16. The van der Waals surface area contributed by atoms with Crippen molar-refractivity contribution in [1.29, 1.82) is 0 Å². The van der Waals surface area contributed by atoms with E-state index in [2.05, 4.69) is 47.0 Å². The maximum atomic E-state index is 5.98. The Balaban J connectivity index is 2.69. The molecule has 0 saturated carbocycles. The highest BCUT2D eigenvalue weighted by Crippen LogP contribution is 2.34. The topological polar surface area (TPSA) is 43.8 Å². The van der Waals surface area contributed by atoms with Crippen LogP contribution < -0.4 is 5.73 Å². The Kier molecular flexibility index (Phi) is 2.76. The quantitative estimate of drug-likeness (QED) is 0.872. The highest BCUT2D eigenvalue weighted by Gasteiger charge is 2.12. The molecule has 0 aliphatic heterocycles. The molecule has 3 nitrogen and oxygen atoms in total. The van der Waals surface area contributed by atoms with Gasteiger partial charge < -0.3 is 5.73 Å². The van der Waals surface area contributed by atoms with Crippen LogP contribution in [0.2, 0.25) is 0 Å². The molecule has 0 aliphatic rings. The van der Waals surface area contributed by atoms with E-state index in [4.69, 9.17) is 5.73 Å². The van der Waals surface area contributed by atoms with Crippen molar-refractivity contribution in [3.8, 4) is 11.1 Å². The number of nitrogen functional groups attached to an aromatic ring is 1. The molecule has 0 aliphatic carbocycles. The van der Waals surface area contributed by atoms with Gasteiger partial charge in [0.1, 0.15) is 5.82 Å². The van der Waals surface area contributed by atoms with Crippen LogP contribution in [0.1, 0.15) is 11.1 Å². The molecule has 0 unspecified atom stereocenters. The summed E-state index contributed by atoms with van der Waals surface area (Å²) in [4.78, 5) is 0. The number of hydrogen-bond donors (Lipinski definition) is 1. The van der Waals surface area contributed by atoms with Crippen molar-refractivity contribution >= 4 is 21.7 Å². The minimum atomic E-state index is 0.686. The van der Waals surface area contributed by atoms with Crippen LogP contribution in [0.3, 0.4) is 0 Å². The van der Waals surface area contributed by atoms with Crippen LogP contribution in [0.25, 0.3) is 11.1 Å². The molecule has 0 saturated heterocycles. The van der Waals surface area contributed by atoms with E-state index in [1.807, 2.05) is 7.05 Å². The fourth-order valence-corrected chi connectivity index (χ4v) is 2.24. The molecule has 16 heavy (non-hydrogen) atoms. The third-order valence-electron chi connectivity index (χ3n) is 2.67. The molecule has 0 amide bonds. The van der Waals surface area contributed by atoms with Crippen molar-refractivity contribution in [2.24, 2.45) is 7.05 Å². The van der Waals surface area contributed by atoms with E-state index in [-0.39, 0.29) is 0 Å². The molecular formula is C12H14BrN3. The van der Waals surface area contributed by atoms with E-state index in [9.17, 15) is 0 Å². The zero-order valence-electron chi connectivity index (χ0n) is 9.58. The second-order valence-electron chi connectivity index (χ2n) is 4.01. The summed E-state index contributed by atoms with van der Waals surface area (Å²) >= 11 is 3.60. The van der Waals surface area contributed by atoms with Crippen LogP contribution in [0.15, 0.2) is 22.8 Å². The Labute approximate surface area is 103 Å². The third kappa shape index (κ3) is 1.73. The van der Waals surface area contributed by atoms with Gasteiger partial charge in [-0.3, -0.25) is 4.68 Å². The van der Waals surface area contributed by atoms with Gasteiger partial charge in [0.25, 0.3) is 0 Å². The van der Waals surface area contributed by atoms with E-state index >= 15 is 0 Å². The largest absolute Gasteiger partial charge is 0.383 e. The normalized spacial score (nSPS) is 10.8. The first-order valence-corrected chi connectivity index (χ1v) is 5.84. The molecule has 2 aromatic rings. The first-order valence-electron chi connectivity index (χ1n) is 5.05. The van der Waals surface area contributed by atoms with Crippen LogP contribution in [0, 0.1) is 13.8 Å². The van der Waals surface area contributed by atoms with Crippen molar-refractivity contribution in [1.82, 2.24) is 9.78 Å². The summed E-state index contributed by atoms with van der Waals surface area (Å²) in [5.41, 5.74) is 10.5. The smallest absolute Gasteiger partial charge is 0.129 e. The molecule has 0 radical (unpaired) electrons. The first kappa shape index (κ1) is 11.2. The summed E-state index contributed by atoms with van der Waals surface area (Å²) < 4.78 is 2.76. The van der Waals surface area contributed by atoms with Crippen LogP contribution in [0.5, 0.6) is 0 Å². The molecule has 2 rings (SSSR count). The van der Waals surface area contributed by atoms with Gasteiger partial charge >= 0.3 is 0 Å². The number of anilines is 1. The monoisotopic (exact) mass is 279 g/mol. The zero-order chi connectivity index (χ0) is 11.9. The summed E-state index contributed by atoms with van der Waals surface area (Å²) in [6, 6.07) is 4.25. The predicted molar refractivity (Wildman–Crippen MR) is 70.2 cm³/mol. The molecule has 0 fully saturated rings. The molecular weight excluding hydrogens is 266 g/mol. The molecule has 4 heteroatoms. The minimum Gasteiger partial charge on any atom is -0.383 e. The second-order valence-corrected chi connectivity index (χ2v) is 4.80. The van der Waals surface area contributed by atoms with E-state index in [1.54, 1.807) is 10.9 Å². The van der Waals surface area contributed by atoms with Gasteiger partial charge in [0.2, 0.25) is 0 Å². The fraction of sp³-hybridized carbons (Fsp3) is 0.250. The van der Waals surface area contributed by atoms with E-state index < -0.39 is 0 Å². The summed E-state index contributed by atoms with van der Waals surface area (Å²) in [6.07, 6.45) is 1.80. The highest BCUT2D eigenvalue weighted by molar-refractivity contribution is 9.10. The van der Waals surface area contributed by atoms with Crippen molar-refractivity contribution in [2.45, 2.75) is 13.8 Å². The molecule has 1 heterocycles. The minimum absolute atomic E-state index is 0.686. The lowest BCUT2D eigenvalue weighted by Crippen LogP contribution is -1.98. The van der Waals surface area contributed by atoms with Gasteiger partial charge in [-0.2, -0.15) is 5.10 Å². The zero-order valence-corrected chi connectivity index (χ0v) is 11.2. The Morgan fingerprint density at radius 2 is 1.94 bits per heavy atom. The average Bonchev–Trinajstić information content (AvgIpc) is 2.54. The van der Waals surface area contributed by atoms with Crippen molar-refractivity contribution in [3.63, 3.8) is 0 Å². The number of nitrogens with two attached hydrogens (primary N) is 1. The number of benzene rings is 1. The van der Waals surface area contributed by atoms with Crippen LogP contribution in [0.4, 0.5) is 5.82 Å². The predicted octanol–water partition coefficient (Wildman–Crippen LogP) is 3.05. The maximum Gasteiger partial charge on any atom is 0.129 e. The summed E-state index contributed by atoms with van der Waals surface area (Å²) in [5, 5.41) is 4.16. The van der Waals surface area contributed by atoms with E-state index in [0.717, 1.165) is 15.6 Å². The standard InChI is InChI=1S/C12H14BrN3/c1-7-4-8(2)11(13)9(5-7)10-6-15-16(3)12(10)14/h4-6H,14H2,1-3H3. The van der Waals surface area contributed by atoms with Gasteiger partial charge in [0.15, 0.2) is 0 Å². The average molecular weight is 280 g/mol. The Bertz CT molecular complexity index is 543. The van der Waals surface area contributed by atoms with Gasteiger partial charge in [-0.25, -0.2) is 0 Å². The van der Waals surface area contributed by atoms with E-state index in [1.165, 1.54) is 11.1 Å². The van der Waals surface area contributed by atoms with Crippen LogP contribution in [-0.2, 0) is 7.05 Å². The maximum absolute atomic E-state index is 5.98. The Hall–Kier alpha value is -1.29. The highest BCUT2D eigenvalue weighted by atomic mass is 79.9. The number of rotatable bonds is 1. The molecule has 0 spiro atoms. The summed E-state index contributed by atoms with van der Waals surface area (Å²) in [7, 11) is 1.84. The lowest BCUT2D eigenvalue weighted by atomic mass is 10.0. The Morgan fingerprint density at radius 1 is 1.25 bits per heavy atom. The molecule has 1 aromatic heterocycles. The van der Waals surface area contributed by atoms with Crippen molar-refractivity contribution in [2.75, 3.05) is 5.73 Å². The van der Waals surface area contributed by atoms with E-state index in [0.29, 0.717) is 5.82 Å². The van der Waals surface area contributed by atoms with Gasteiger partial charge in [-0.1, -0.05) is 17.7 Å². The molecule has 0 atom stereocenters. The molecule has 1 aromatic carbocycles. The number of hydrogen-bond acceptors (Lipinski definition) is 2.